The summed E-state index contributed by atoms with van der Waals surface area (Å²) in [7, 11) is 0. The smallest absolute Gasteiger partial charge is 0.331 e. The predicted molar refractivity (Wildman–Crippen MR) is 59.5 cm³/mol. The van der Waals surface area contributed by atoms with Crippen molar-refractivity contribution < 1.29 is 19.1 Å². The van der Waals surface area contributed by atoms with Crippen LogP contribution in [0, 0.1) is 0 Å². The molecule has 0 rings (SSSR count). The van der Waals surface area contributed by atoms with E-state index in [1.807, 2.05) is 0 Å². The van der Waals surface area contributed by atoms with E-state index < -0.39 is 0 Å². The monoisotopic (exact) mass is 232 g/mol. The number of hydrogen-bond donors (Lipinski definition) is 0. The van der Waals surface area contributed by atoms with Crippen molar-refractivity contribution in [2.24, 2.45) is 0 Å². The van der Waals surface area contributed by atoms with Gasteiger partial charge in [0.2, 0.25) is 0 Å². The van der Waals surface area contributed by atoms with E-state index in [9.17, 15) is 9.59 Å². The highest BCUT2D eigenvalue weighted by Gasteiger charge is 1.99. The molecule has 0 aromatic heterocycles. The summed E-state index contributed by atoms with van der Waals surface area (Å²) in [5.74, 6) is 0.0324. The number of carbonyl (C=O) groups is 2. The fraction of sp³-hybridized carbons (Fsp3) is 0.600. The molecule has 0 bridgehead atoms. The van der Waals surface area contributed by atoms with Gasteiger partial charge in [-0.05, 0) is 19.3 Å². The Morgan fingerprint density at radius 2 is 1.87 bits per heavy atom. The molecular weight excluding hydrogens is 216 g/mol. The van der Waals surface area contributed by atoms with Gasteiger partial charge in [0.25, 0.3) is 0 Å². The normalized spacial score (nSPS) is 10.3. The molecule has 0 unspecified atom stereocenters. The Balaban J connectivity index is 3.45. The molecule has 15 heavy (non-hydrogen) atoms. The number of thioether (sulfide) groups is 1. The van der Waals surface area contributed by atoms with Crippen LogP contribution in [0.15, 0.2) is 11.5 Å². The van der Waals surface area contributed by atoms with Gasteiger partial charge in [-0.15, -0.1) is 11.8 Å². The van der Waals surface area contributed by atoms with E-state index in [0.29, 0.717) is 25.4 Å². The summed E-state index contributed by atoms with van der Waals surface area (Å²) in [5.41, 5.74) is 0. The van der Waals surface area contributed by atoms with Gasteiger partial charge in [0.05, 0.1) is 19.6 Å². The largest absolute Gasteiger partial charge is 0.466 e. The van der Waals surface area contributed by atoms with Gasteiger partial charge in [0, 0.05) is 11.8 Å². The van der Waals surface area contributed by atoms with Gasteiger partial charge in [-0.2, -0.15) is 0 Å². The first-order chi connectivity index (χ1) is 7.20. The highest BCUT2D eigenvalue weighted by molar-refractivity contribution is 8.02. The van der Waals surface area contributed by atoms with Crippen molar-refractivity contribution in [1.82, 2.24) is 0 Å². The van der Waals surface area contributed by atoms with Crippen molar-refractivity contribution in [3.05, 3.63) is 11.5 Å². The molecular formula is C10H16O4S. The minimum Gasteiger partial charge on any atom is -0.466 e. The number of hydrogen-bond acceptors (Lipinski definition) is 5. The summed E-state index contributed by atoms with van der Waals surface area (Å²) >= 11 is 1.38. The molecule has 86 valence electrons. The standard InChI is InChI=1S/C10H16O4S/c1-3-13-9(11)5-7-15-8-6-10(12)14-4-2/h5,7H,3-4,6,8H2,1-2H3. The van der Waals surface area contributed by atoms with E-state index in [4.69, 9.17) is 4.74 Å². The van der Waals surface area contributed by atoms with Crippen LogP contribution in [-0.4, -0.2) is 30.9 Å². The van der Waals surface area contributed by atoms with Crippen LogP contribution in [0.4, 0.5) is 0 Å². The molecule has 5 heteroatoms. The zero-order chi connectivity index (χ0) is 11.5. The molecule has 0 heterocycles. The molecule has 0 aromatic rings. The maximum atomic E-state index is 10.9. The third-order valence-corrected chi connectivity index (χ3v) is 2.08. The van der Waals surface area contributed by atoms with Crippen molar-refractivity contribution in [3.63, 3.8) is 0 Å². The quantitative estimate of drug-likeness (QED) is 0.380. The minimum absolute atomic E-state index is 0.213. The number of ether oxygens (including phenoxy) is 2. The molecule has 0 saturated carbocycles. The van der Waals surface area contributed by atoms with Crippen LogP contribution < -0.4 is 0 Å². The topological polar surface area (TPSA) is 52.6 Å². The lowest BCUT2D eigenvalue weighted by atomic mass is 10.5. The fourth-order valence-electron chi connectivity index (χ4n) is 0.737. The first-order valence-electron chi connectivity index (χ1n) is 4.81. The maximum Gasteiger partial charge on any atom is 0.331 e. The van der Waals surface area contributed by atoms with E-state index >= 15 is 0 Å². The molecule has 0 amide bonds. The van der Waals surface area contributed by atoms with Gasteiger partial charge < -0.3 is 9.47 Å². The number of carbonyl (C=O) groups excluding carboxylic acids is 2. The highest BCUT2D eigenvalue weighted by Crippen LogP contribution is 2.05. The summed E-state index contributed by atoms with van der Waals surface area (Å²) < 4.78 is 9.42. The maximum absolute atomic E-state index is 10.9. The van der Waals surface area contributed by atoms with Crippen molar-refractivity contribution in [2.75, 3.05) is 19.0 Å². The van der Waals surface area contributed by atoms with Crippen LogP contribution in [0.3, 0.4) is 0 Å². The zero-order valence-electron chi connectivity index (χ0n) is 9.02. The van der Waals surface area contributed by atoms with Crippen LogP contribution >= 0.6 is 11.8 Å². The Kier molecular flexibility index (Phi) is 8.96. The van der Waals surface area contributed by atoms with E-state index in [1.165, 1.54) is 17.8 Å². The van der Waals surface area contributed by atoms with E-state index in [0.717, 1.165) is 0 Å². The van der Waals surface area contributed by atoms with Gasteiger partial charge in [-0.25, -0.2) is 4.79 Å². The van der Waals surface area contributed by atoms with Crippen molar-refractivity contribution in [2.45, 2.75) is 20.3 Å². The molecule has 0 aliphatic carbocycles. The van der Waals surface area contributed by atoms with Crippen LogP contribution in [0.5, 0.6) is 0 Å². The first-order valence-corrected chi connectivity index (χ1v) is 5.86. The van der Waals surface area contributed by atoms with Crippen LogP contribution in [0.1, 0.15) is 20.3 Å². The van der Waals surface area contributed by atoms with Gasteiger partial charge in [0.1, 0.15) is 0 Å². The van der Waals surface area contributed by atoms with Gasteiger partial charge in [-0.1, -0.05) is 0 Å². The molecule has 0 radical (unpaired) electrons. The average Bonchev–Trinajstić information content (AvgIpc) is 2.18. The second-order valence-electron chi connectivity index (χ2n) is 2.48. The van der Waals surface area contributed by atoms with Crippen LogP contribution in [0.25, 0.3) is 0 Å². The molecule has 0 saturated heterocycles. The van der Waals surface area contributed by atoms with Crippen molar-refractivity contribution >= 4 is 23.7 Å². The summed E-state index contributed by atoms with van der Waals surface area (Å²) in [6.07, 6.45) is 1.70. The zero-order valence-corrected chi connectivity index (χ0v) is 9.84. The third-order valence-electron chi connectivity index (χ3n) is 1.32. The highest BCUT2D eigenvalue weighted by atomic mass is 32.2. The minimum atomic E-state index is -0.360. The lowest BCUT2D eigenvalue weighted by Crippen LogP contribution is -2.04. The molecule has 0 aromatic carbocycles. The molecule has 0 spiro atoms. The Morgan fingerprint density at radius 1 is 1.20 bits per heavy atom. The number of rotatable bonds is 7. The van der Waals surface area contributed by atoms with Crippen LogP contribution in [-0.2, 0) is 19.1 Å². The Labute approximate surface area is 94.0 Å². The van der Waals surface area contributed by atoms with Gasteiger partial charge >= 0.3 is 11.9 Å². The molecule has 0 N–H and O–H groups in total. The predicted octanol–water partition coefficient (Wildman–Crippen LogP) is 1.75. The summed E-state index contributed by atoms with van der Waals surface area (Å²) in [6.45, 7) is 4.30. The van der Waals surface area contributed by atoms with E-state index in [-0.39, 0.29) is 11.9 Å². The Morgan fingerprint density at radius 3 is 2.47 bits per heavy atom. The molecule has 0 aliphatic heterocycles. The van der Waals surface area contributed by atoms with E-state index in [2.05, 4.69) is 4.74 Å². The molecule has 0 aliphatic rings. The fourth-order valence-corrected chi connectivity index (χ4v) is 1.37. The lowest BCUT2D eigenvalue weighted by Gasteiger charge is -1.99. The lowest BCUT2D eigenvalue weighted by molar-refractivity contribution is -0.142. The van der Waals surface area contributed by atoms with Crippen molar-refractivity contribution in [1.29, 1.82) is 0 Å². The number of esters is 2. The molecule has 0 fully saturated rings. The molecule has 4 nitrogen and oxygen atoms in total. The average molecular weight is 232 g/mol. The molecule has 0 atom stereocenters. The SMILES string of the molecule is CCOC(=O)C=CSCCC(=O)OCC. The summed E-state index contributed by atoms with van der Waals surface area (Å²) in [4.78, 5) is 21.7. The van der Waals surface area contributed by atoms with Gasteiger partial charge in [0.15, 0.2) is 0 Å². The first kappa shape index (κ1) is 14.0. The Hall–Kier alpha value is -0.970. The van der Waals surface area contributed by atoms with E-state index in [1.54, 1.807) is 19.3 Å². The van der Waals surface area contributed by atoms with Crippen LogP contribution in [0.2, 0.25) is 0 Å². The summed E-state index contributed by atoms with van der Waals surface area (Å²) in [5, 5.41) is 1.62. The second-order valence-corrected chi connectivity index (χ2v) is 3.49. The van der Waals surface area contributed by atoms with Crippen molar-refractivity contribution in [3.8, 4) is 0 Å². The van der Waals surface area contributed by atoms with Gasteiger partial charge in [-0.3, -0.25) is 4.79 Å². The summed E-state index contributed by atoms with van der Waals surface area (Å²) in [6, 6.07) is 0. The third kappa shape index (κ3) is 9.34. The second kappa shape index (κ2) is 9.58. The Bertz CT molecular complexity index is 225.